The quantitative estimate of drug-likeness (QED) is 0.319. The fourth-order valence-electron chi connectivity index (χ4n) is 2.35. The number of rotatable bonds is 4. The van der Waals surface area contributed by atoms with Gasteiger partial charge in [0, 0.05) is 11.1 Å². The van der Waals surface area contributed by atoms with Crippen LogP contribution >= 0.6 is 24.4 Å². The van der Waals surface area contributed by atoms with Crippen LogP contribution in [-0.2, 0) is 0 Å². The lowest BCUT2D eigenvalue weighted by molar-refractivity contribution is 0.747. The van der Waals surface area contributed by atoms with Gasteiger partial charge in [0.05, 0.1) is 10.5 Å². The van der Waals surface area contributed by atoms with Gasteiger partial charge in [0.15, 0.2) is 5.65 Å². The third-order valence-electron chi connectivity index (χ3n) is 3.55. The number of aromatic nitrogens is 5. The number of thiol groups is 1. The number of anilines is 1. The Morgan fingerprint density at radius 3 is 2.62 bits per heavy atom. The zero-order valence-corrected chi connectivity index (χ0v) is 14.9. The average molecular weight is 377 g/mol. The third-order valence-corrected chi connectivity index (χ3v) is 4.97. The largest absolute Gasteiger partial charge is 0.349 e. The van der Waals surface area contributed by atoms with E-state index in [9.17, 15) is 5.26 Å². The molecule has 0 unspecified atom stereocenters. The monoisotopic (exact) mass is 377 g/mol. The summed E-state index contributed by atoms with van der Waals surface area (Å²) in [5, 5.41) is 31.0. The highest BCUT2D eigenvalue weighted by molar-refractivity contribution is 8.04. The molecule has 26 heavy (non-hydrogen) atoms. The summed E-state index contributed by atoms with van der Waals surface area (Å²) in [6.07, 6.45) is 0. The summed E-state index contributed by atoms with van der Waals surface area (Å²) in [6, 6.07) is 19.2. The van der Waals surface area contributed by atoms with Gasteiger partial charge in [-0.25, -0.2) is 0 Å². The van der Waals surface area contributed by atoms with Crippen LogP contribution in [0.5, 0.6) is 0 Å². The van der Waals surface area contributed by atoms with E-state index in [1.165, 1.54) is 4.52 Å². The molecule has 9 heteroatoms. The number of nitriles is 1. The highest BCUT2D eigenvalue weighted by atomic mass is 32.2. The summed E-state index contributed by atoms with van der Waals surface area (Å²) in [6.45, 7) is 0. The molecule has 7 nitrogen and oxygen atoms in total. The molecule has 2 aromatic heterocycles. The predicted molar refractivity (Wildman–Crippen MR) is 104 cm³/mol. The van der Waals surface area contributed by atoms with E-state index in [-0.39, 0.29) is 0 Å². The maximum Gasteiger partial charge on any atom is 0.219 e. The summed E-state index contributed by atoms with van der Waals surface area (Å²) >= 11 is 5.54. The Kier molecular flexibility index (Phi) is 4.43. The van der Waals surface area contributed by atoms with E-state index in [0.717, 1.165) is 28.4 Å². The molecule has 0 saturated heterocycles. The average Bonchev–Trinajstić information content (AvgIpc) is 3.10. The van der Waals surface area contributed by atoms with Gasteiger partial charge in [0.25, 0.3) is 0 Å². The third kappa shape index (κ3) is 3.08. The van der Waals surface area contributed by atoms with Gasteiger partial charge >= 0.3 is 0 Å². The molecule has 0 spiro atoms. The molecule has 0 saturated carbocycles. The lowest BCUT2D eigenvalue weighted by atomic mass is 10.2. The molecule has 2 aromatic carbocycles. The van der Waals surface area contributed by atoms with Gasteiger partial charge in [-0.15, -0.1) is 27.9 Å². The zero-order chi connectivity index (χ0) is 17.9. The van der Waals surface area contributed by atoms with E-state index in [1.54, 1.807) is 0 Å². The first-order valence-corrected chi connectivity index (χ1v) is 8.83. The minimum atomic E-state index is 0.349. The van der Waals surface area contributed by atoms with Crippen molar-refractivity contribution in [3.63, 3.8) is 0 Å². The molecule has 2 heterocycles. The molecular formula is C17H11N7S2. The van der Waals surface area contributed by atoms with Gasteiger partial charge in [-0.1, -0.05) is 35.5 Å². The summed E-state index contributed by atoms with van der Waals surface area (Å²) in [4.78, 5) is 0.349. The number of nitrogens with zero attached hydrogens (tertiary/aromatic N) is 6. The first-order valence-electron chi connectivity index (χ1n) is 7.56. The van der Waals surface area contributed by atoms with E-state index in [2.05, 4.69) is 44.5 Å². The van der Waals surface area contributed by atoms with Gasteiger partial charge < -0.3 is 5.32 Å². The number of allylic oxidation sites excluding steroid dienone is 1. The van der Waals surface area contributed by atoms with E-state index in [1.807, 2.05) is 54.6 Å². The van der Waals surface area contributed by atoms with Crippen LogP contribution in [0, 0.1) is 11.3 Å². The molecule has 0 aliphatic rings. The minimum Gasteiger partial charge on any atom is -0.349 e. The van der Waals surface area contributed by atoms with Gasteiger partial charge in [-0.3, -0.25) is 0 Å². The second-order valence-corrected chi connectivity index (χ2v) is 6.63. The van der Waals surface area contributed by atoms with Crippen LogP contribution in [0.1, 0.15) is 0 Å². The second-order valence-electron chi connectivity index (χ2n) is 5.21. The number of thioether (sulfide) groups is 1. The van der Waals surface area contributed by atoms with Crippen LogP contribution in [0.3, 0.4) is 0 Å². The van der Waals surface area contributed by atoms with E-state index < -0.39 is 0 Å². The molecule has 4 rings (SSSR count). The fraction of sp³-hybridized carbons (Fsp3) is 0. The summed E-state index contributed by atoms with van der Waals surface area (Å²) in [5.41, 5.74) is 2.16. The van der Waals surface area contributed by atoms with Crippen molar-refractivity contribution in [1.29, 1.82) is 5.26 Å². The van der Waals surface area contributed by atoms with Gasteiger partial charge in [0.2, 0.25) is 5.16 Å². The van der Waals surface area contributed by atoms with Gasteiger partial charge in [-0.2, -0.15) is 9.78 Å². The van der Waals surface area contributed by atoms with Crippen LogP contribution in [-0.4, -0.2) is 25.0 Å². The number of nitrogens with one attached hydrogen (secondary N) is 1. The molecular weight excluding hydrogens is 366 g/mol. The summed E-state index contributed by atoms with van der Waals surface area (Å²) in [7, 11) is 0. The number of hydrogen-bond acceptors (Lipinski definition) is 8. The molecule has 0 radical (unpaired) electrons. The number of hydrogen-bond donors (Lipinski definition) is 2. The van der Waals surface area contributed by atoms with Crippen molar-refractivity contribution in [2.45, 2.75) is 5.16 Å². The first-order chi connectivity index (χ1) is 12.8. The standard InChI is InChI=1S/C17H11N7S2/c18-10-14(16(25)19-11-6-2-1-3-7-11)26-17-22-21-15-12-8-4-5-9-13(12)20-23-24(15)17/h1-9,19,25H/b16-14+. The van der Waals surface area contributed by atoms with Crippen molar-refractivity contribution in [2.75, 3.05) is 5.32 Å². The highest BCUT2D eigenvalue weighted by Crippen LogP contribution is 2.30. The molecule has 0 amide bonds. The molecule has 0 fully saturated rings. The smallest absolute Gasteiger partial charge is 0.219 e. The van der Waals surface area contributed by atoms with Crippen molar-refractivity contribution in [3.8, 4) is 6.07 Å². The van der Waals surface area contributed by atoms with Crippen molar-refractivity contribution in [3.05, 3.63) is 64.5 Å². The van der Waals surface area contributed by atoms with Crippen LogP contribution in [0.25, 0.3) is 16.6 Å². The summed E-state index contributed by atoms with van der Waals surface area (Å²) in [5.74, 6) is 0. The summed E-state index contributed by atoms with van der Waals surface area (Å²) < 4.78 is 1.52. The van der Waals surface area contributed by atoms with Crippen LogP contribution in [0.2, 0.25) is 0 Å². The second kappa shape index (κ2) is 7.03. The van der Waals surface area contributed by atoms with E-state index >= 15 is 0 Å². The normalized spacial score (nSPS) is 12.0. The van der Waals surface area contributed by atoms with Gasteiger partial charge in [-0.05, 0) is 36.0 Å². The topological polar surface area (TPSA) is 91.8 Å². The Labute approximate surface area is 158 Å². The molecule has 0 atom stereocenters. The maximum absolute atomic E-state index is 9.51. The maximum atomic E-state index is 9.51. The molecule has 1 N–H and O–H groups in total. The molecule has 0 aliphatic heterocycles. The Morgan fingerprint density at radius 2 is 1.81 bits per heavy atom. The predicted octanol–water partition coefficient (Wildman–Crippen LogP) is 3.50. The zero-order valence-electron chi connectivity index (χ0n) is 13.2. The van der Waals surface area contributed by atoms with Crippen LogP contribution < -0.4 is 5.32 Å². The van der Waals surface area contributed by atoms with Crippen molar-refractivity contribution in [2.24, 2.45) is 0 Å². The first kappa shape index (κ1) is 16.4. The van der Waals surface area contributed by atoms with Crippen molar-refractivity contribution in [1.82, 2.24) is 25.0 Å². The number of fused-ring (bicyclic) bond motifs is 3. The van der Waals surface area contributed by atoms with E-state index in [4.69, 9.17) is 0 Å². The molecule has 4 aromatic rings. The Balaban J connectivity index is 1.70. The van der Waals surface area contributed by atoms with Crippen LogP contribution in [0.15, 0.2) is 69.7 Å². The van der Waals surface area contributed by atoms with Gasteiger partial charge in [0.1, 0.15) is 11.0 Å². The lowest BCUT2D eigenvalue weighted by Crippen LogP contribution is -1.99. The molecule has 0 aliphatic carbocycles. The van der Waals surface area contributed by atoms with Crippen molar-refractivity contribution >= 4 is 46.6 Å². The SMILES string of the molecule is N#C/C(Sc1nnc2c3ccccc3nnn12)=C(\S)Nc1ccccc1. The minimum absolute atomic E-state index is 0.349. The van der Waals surface area contributed by atoms with Crippen LogP contribution in [0.4, 0.5) is 5.69 Å². The Morgan fingerprint density at radius 1 is 1.04 bits per heavy atom. The lowest BCUT2D eigenvalue weighted by Gasteiger charge is -2.07. The Bertz CT molecular complexity index is 1160. The fourth-order valence-corrected chi connectivity index (χ4v) is 3.33. The number of benzene rings is 2. The highest BCUT2D eigenvalue weighted by Gasteiger charge is 2.15. The Hall–Kier alpha value is -3.09. The van der Waals surface area contributed by atoms with Crippen molar-refractivity contribution < 1.29 is 0 Å². The molecule has 0 bridgehead atoms. The van der Waals surface area contributed by atoms with E-state index in [0.29, 0.717) is 20.7 Å². The molecule has 126 valence electrons. The number of para-hydroxylation sites is 1.